The van der Waals surface area contributed by atoms with Crippen LogP contribution in [-0.2, 0) is 0 Å². The van der Waals surface area contributed by atoms with Gasteiger partial charge in [0.05, 0.1) is 0 Å². The van der Waals surface area contributed by atoms with Crippen molar-refractivity contribution >= 4 is 113 Å². The maximum absolute atomic E-state index is 2.54. The van der Waals surface area contributed by atoms with Gasteiger partial charge < -0.3 is 9.80 Å². The first kappa shape index (κ1) is 31.3. The molecular weight excluding hydrogens is 674 g/mol. The fourth-order valence-electron chi connectivity index (χ4n) is 10.2. The summed E-state index contributed by atoms with van der Waals surface area (Å²) in [6.07, 6.45) is 0. The zero-order chi connectivity index (χ0) is 36.7. The van der Waals surface area contributed by atoms with Gasteiger partial charge in [-0.2, -0.15) is 0 Å². The molecule has 10 aromatic rings. The summed E-state index contributed by atoms with van der Waals surface area (Å²) in [4.78, 5) is 5.08. The summed E-state index contributed by atoms with van der Waals surface area (Å²) in [7, 11) is 0. The lowest BCUT2D eigenvalue weighted by Gasteiger charge is -2.41. The van der Waals surface area contributed by atoms with Crippen molar-refractivity contribution in [2.24, 2.45) is 0 Å². The number of rotatable bonds is 4. The zero-order valence-corrected chi connectivity index (χ0v) is 30.7. The van der Waals surface area contributed by atoms with E-state index in [1.165, 1.54) is 87.8 Å². The van der Waals surface area contributed by atoms with Gasteiger partial charge in [-0.1, -0.05) is 181 Å². The summed E-state index contributed by atoms with van der Waals surface area (Å²) in [6.45, 7) is 0.0812. The first-order valence-corrected chi connectivity index (χ1v) is 19.6. The molecule has 56 heavy (non-hydrogen) atoms. The molecule has 0 N–H and O–H groups in total. The Labute approximate surface area is 327 Å². The maximum Gasteiger partial charge on any atom is 0.247 e. The van der Waals surface area contributed by atoms with Crippen molar-refractivity contribution in [2.75, 3.05) is 9.80 Å². The highest BCUT2D eigenvalue weighted by atomic mass is 15.2. The van der Waals surface area contributed by atoms with Crippen LogP contribution in [-0.4, -0.2) is 13.4 Å². The quantitative estimate of drug-likeness (QED) is 0.133. The van der Waals surface area contributed by atoms with Gasteiger partial charge in [0.25, 0.3) is 0 Å². The van der Waals surface area contributed by atoms with Crippen molar-refractivity contribution in [1.82, 2.24) is 0 Å². The molecule has 0 radical (unpaired) electrons. The second-order valence-electron chi connectivity index (χ2n) is 15.1. The molecular formula is C52H34B2N2. The van der Waals surface area contributed by atoms with Crippen LogP contribution >= 0.6 is 0 Å². The summed E-state index contributed by atoms with van der Waals surface area (Å²) < 4.78 is 0. The van der Waals surface area contributed by atoms with Crippen LogP contribution in [0.2, 0.25) is 0 Å². The summed E-state index contributed by atoms with van der Waals surface area (Å²) >= 11 is 0. The van der Waals surface area contributed by atoms with E-state index in [0.29, 0.717) is 0 Å². The molecule has 2 nitrogen and oxygen atoms in total. The van der Waals surface area contributed by atoms with Crippen LogP contribution in [0.5, 0.6) is 0 Å². The normalized spacial score (nSPS) is 13.2. The third kappa shape index (κ3) is 4.35. The molecule has 4 heteroatoms. The molecule has 12 rings (SSSR count). The number of para-hydroxylation sites is 4. The van der Waals surface area contributed by atoms with Gasteiger partial charge in [0.1, 0.15) is 0 Å². The molecule has 0 amide bonds. The molecule has 0 saturated carbocycles. The molecule has 0 aromatic heterocycles. The molecule has 0 spiro atoms. The Balaban J connectivity index is 1.31. The minimum atomic E-state index is 0.0406. The van der Waals surface area contributed by atoms with Crippen LogP contribution in [0.1, 0.15) is 0 Å². The van der Waals surface area contributed by atoms with Gasteiger partial charge >= 0.3 is 0 Å². The summed E-state index contributed by atoms with van der Waals surface area (Å²) in [5.74, 6) is 0. The number of fused-ring (bicyclic) bond motifs is 8. The minimum absolute atomic E-state index is 0.0406. The second-order valence-corrected chi connectivity index (χ2v) is 15.1. The highest BCUT2D eigenvalue weighted by Crippen LogP contribution is 2.49. The molecule has 0 aliphatic carbocycles. The van der Waals surface area contributed by atoms with Crippen LogP contribution in [0, 0.1) is 0 Å². The third-order valence-electron chi connectivity index (χ3n) is 12.3. The molecule has 10 aromatic carbocycles. The van der Waals surface area contributed by atoms with E-state index >= 15 is 0 Å². The Kier molecular flexibility index (Phi) is 6.85. The molecule has 0 fully saturated rings. The van der Waals surface area contributed by atoms with Gasteiger partial charge in [-0.15, -0.1) is 0 Å². The lowest BCUT2D eigenvalue weighted by molar-refractivity contribution is 1.31. The van der Waals surface area contributed by atoms with E-state index in [0.717, 1.165) is 11.4 Å². The van der Waals surface area contributed by atoms with Crippen LogP contribution in [0.25, 0.3) is 32.3 Å². The SMILES string of the molecule is c1ccc(B2c3ccccc3N(c3ccccc3)c3c2c2cccc4c5c(c6cccc3c6c24)N(c2ccccc2)c2ccccc2B5c2ccccc2)cc1. The van der Waals surface area contributed by atoms with Gasteiger partial charge in [0.15, 0.2) is 0 Å². The third-order valence-corrected chi connectivity index (χ3v) is 12.3. The number of benzene rings is 10. The van der Waals surface area contributed by atoms with Gasteiger partial charge in [-0.3, -0.25) is 0 Å². The van der Waals surface area contributed by atoms with Crippen LogP contribution < -0.4 is 42.6 Å². The molecule has 258 valence electrons. The molecule has 0 saturated heterocycles. The topological polar surface area (TPSA) is 6.48 Å². The van der Waals surface area contributed by atoms with Crippen molar-refractivity contribution < 1.29 is 0 Å². The maximum atomic E-state index is 2.54. The minimum Gasteiger partial charge on any atom is -0.311 e. The fraction of sp³-hybridized carbons (Fsp3) is 0. The van der Waals surface area contributed by atoms with Crippen LogP contribution in [0.3, 0.4) is 0 Å². The Hall–Kier alpha value is -7.03. The Morgan fingerprint density at radius 3 is 1.05 bits per heavy atom. The molecule has 2 aliphatic heterocycles. The largest absolute Gasteiger partial charge is 0.311 e. The predicted molar refractivity (Wildman–Crippen MR) is 242 cm³/mol. The number of anilines is 6. The number of hydrogen-bond acceptors (Lipinski definition) is 2. The average molecular weight is 708 g/mol. The van der Waals surface area contributed by atoms with Gasteiger partial charge in [0.2, 0.25) is 13.4 Å². The predicted octanol–water partition coefficient (Wildman–Crippen LogP) is 9.18. The monoisotopic (exact) mass is 708 g/mol. The first-order chi connectivity index (χ1) is 27.9. The molecule has 0 unspecified atom stereocenters. The first-order valence-electron chi connectivity index (χ1n) is 19.6. The zero-order valence-electron chi connectivity index (χ0n) is 30.7. The highest BCUT2D eigenvalue weighted by molar-refractivity contribution is 7.01. The van der Waals surface area contributed by atoms with E-state index in [4.69, 9.17) is 0 Å². The lowest BCUT2D eigenvalue weighted by atomic mass is 9.33. The molecule has 2 aliphatic rings. The summed E-state index contributed by atoms with van der Waals surface area (Å²) in [5, 5.41) is 7.82. The molecule has 0 bridgehead atoms. The molecule has 0 atom stereocenters. The Morgan fingerprint density at radius 1 is 0.286 bits per heavy atom. The van der Waals surface area contributed by atoms with E-state index in [2.05, 4.69) is 216 Å². The number of nitrogens with zero attached hydrogens (tertiary/aromatic N) is 2. The lowest BCUT2D eigenvalue weighted by Crippen LogP contribution is -2.58. The van der Waals surface area contributed by atoms with Crippen molar-refractivity contribution in [1.29, 1.82) is 0 Å². The molecule has 2 heterocycles. The van der Waals surface area contributed by atoms with Crippen molar-refractivity contribution in [3.05, 3.63) is 206 Å². The van der Waals surface area contributed by atoms with E-state index < -0.39 is 0 Å². The van der Waals surface area contributed by atoms with E-state index in [1.54, 1.807) is 0 Å². The van der Waals surface area contributed by atoms with Gasteiger partial charge in [-0.25, -0.2) is 0 Å². The second kappa shape index (κ2) is 12.2. The summed E-state index contributed by atoms with van der Waals surface area (Å²) in [6, 6.07) is 76.4. The van der Waals surface area contributed by atoms with Crippen molar-refractivity contribution in [3.63, 3.8) is 0 Å². The van der Waals surface area contributed by atoms with Crippen molar-refractivity contribution in [3.8, 4) is 0 Å². The van der Waals surface area contributed by atoms with E-state index in [1.807, 2.05) is 0 Å². The van der Waals surface area contributed by atoms with Gasteiger partial charge in [-0.05, 0) is 74.4 Å². The Morgan fingerprint density at radius 2 is 0.625 bits per heavy atom. The number of hydrogen-bond donors (Lipinski definition) is 0. The van der Waals surface area contributed by atoms with E-state index in [9.17, 15) is 0 Å². The average Bonchev–Trinajstić information content (AvgIpc) is 3.28. The van der Waals surface area contributed by atoms with Crippen LogP contribution in [0.4, 0.5) is 34.1 Å². The highest BCUT2D eigenvalue weighted by Gasteiger charge is 2.42. The smallest absolute Gasteiger partial charge is 0.247 e. The van der Waals surface area contributed by atoms with Gasteiger partial charge in [0, 0.05) is 50.3 Å². The standard InChI is InChI=1S/C52H34B2N2/c1-5-19-35(20-6-1)53-43-31-13-15-33-45(43)55(37-23-9-3-10-24-37)51-41-29-18-30-42-48(41)47-39(49(51)53)27-17-28-40(47)50-52(42)56(38-25-11-4-12-26-38)46-34-16-14-32-44(46)54(50)36-21-7-2-8-22-36/h1-34H. The van der Waals surface area contributed by atoms with Crippen molar-refractivity contribution in [2.45, 2.75) is 0 Å². The van der Waals surface area contributed by atoms with E-state index in [-0.39, 0.29) is 13.4 Å². The summed E-state index contributed by atoms with van der Waals surface area (Å²) in [5.41, 5.74) is 15.2. The van der Waals surface area contributed by atoms with Crippen LogP contribution in [0.15, 0.2) is 206 Å². The fourth-order valence-corrected chi connectivity index (χ4v) is 10.2. The Bertz CT molecular complexity index is 2680.